The number of esters is 3. The summed E-state index contributed by atoms with van der Waals surface area (Å²) in [5.41, 5.74) is 0.773. The summed E-state index contributed by atoms with van der Waals surface area (Å²) in [6, 6.07) is 11.7. The molecule has 3 heterocycles. The number of benzene rings is 2. The Morgan fingerprint density at radius 1 is 0.981 bits per heavy atom. The van der Waals surface area contributed by atoms with E-state index in [1.807, 2.05) is 13.8 Å². The number of ether oxygens (including phenoxy) is 5. The first kappa shape index (κ1) is 37.6. The maximum Gasteiger partial charge on any atom is 0.379 e. The van der Waals surface area contributed by atoms with E-state index in [0.717, 1.165) is 11.3 Å². The van der Waals surface area contributed by atoms with Crippen LogP contribution in [0.2, 0.25) is 0 Å². The molecule has 276 valence electrons. The lowest BCUT2D eigenvalue weighted by atomic mass is 9.95. The number of aromatic nitrogens is 1. The second kappa shape index (κ2) is 15.1. The van der Waals surface area contributed by atoms with Gasteiger partial charge in [-0.25, -0.2) is 14.6 Å². The smallest absolute Gasteiger partial charge is 0.379 e. The molecule has 2 aromatic heterocycles. The van der Waals surface area contributed by atoms with Crippen LogP contribution in [-0.2, 0) is 14.3 Å². The minimum atomic E-state index is -0.966. The van der Waals surface area contributed by atoms with E-state index in [1.54, 1.807) is 62.4 Å². The largest absolute Gasteiger partial charge is 0.493 e. The Labute approximate surface area is 317 Å². The van der Waals surface area contributed by atoms with E-state index in [-0.39, 0.29) is 56.8 Å². The van der Waals surface area contributed by atoms with Crippen LogP contribution in [0.4, 0.5) is 0 Å². The van der Waals surface area contributed by atoms with Crippen molar-refractivity contribution in [3.05, 3.63) is 113 Å². The molecule has 0 amide bonds. The van der Waals surface area contributed by atoms with Gasteiger partial charge in [-0.05, 0) is 84.9 Å². The van der Waals surface area contributed by atoms with Crippen LogP contribution in [0.1, 0.15) is 55.4 Å². The third kappa shape index (κ3) is 7.41. The van der Waals surface area contributed by atoms with Gasteiger partial charge >= 0.3 is 17.9 Å². The molecule has 1 saturated carbocycles. The minimum Gasteiger partial charge on any atom is -0.493 e. The second-order valence-corrected chi connectivity index (χ2v) is 14.7. The number of fused-ring (bicyclic) bond motifs is 1. The number of thiazole rings is 1. The molecule has 1 fully saturated rings. The summed E-state index contributed by atoms with van der Waals surface area (Å²) in [5.74, 6) is -1.66. The summed E-state index contributed by atoms with van der Waals surface area (Å²) < 4.78 is 34.7. The number of allylic oxidation sites excluding steroid dienone is 2. The lowest BCUT2D eigenvalue weighted by molar-refractivity contribution is -0.139. The zero-order valence-electron chi connectivity index (χ0n) is 29.4. The summed E-state index contributed by atoms with van der Waals surface area (Å²) in [4.78, 5) is 58.3. The lowest BCUT2D eigenvalue weighted by Gasteiger charge is -2.25. The molecular weight excluding hydrogens is 747 g/mol. The van der Waals surface area contributed by atoms with Gasteiger partial charge in [-0.3, -0.25) is 14.2 Å². The van der Waals surface area contributed by atoms with Crippen molar-refractivity contribution in [2.24, 2.45) is 22.2 Å². The van der Waals surface area contributed by atoms with Crippen LogP contribution in [0.5, 0.6) is 23.0 Å². The van der Waals surface area contributed by atoms with Gasteiger partial charge in [0.1, 0.15) is 4.49 Å². The predicted octanol–water partition coefficient (Wildman–Crippen LogP) is 6.12. The lowest BCUT2D eigenvalue weighted by Crippen LogP contribution is -2.40. The molecule has 1 aliphatic carbocycles. The van der Waals surface area contributed by atoms with Crippen molar-refractivity contribution in [1.82, 2.24) is 4.57 Å². The average Bonchev–Trinajstić information content (AvgIpc) is 3.47. The predicted molar refractivity (Wildman–Crippen MR) is 196 cm³/mol. The molecule has 0 bridgehead atoms. The molecule has 1 aliphatic heterocycles. The van der Waals surface area contributed by atoms with Crippen molar-refractivity contribution in [2.45, 2.75) is 33.7 Å². The Bertz CT molecular complexity index is 2350. The van der Waals surface area contributed by atoms with Crippen LogP contribution < -0.4 is 33.8 Å². The van der Waals surface area contributed by atoms with Crippen LogP contribution >= 0.6 is 34.5 Å². The first-order chi connectivity index (χ1) is 25.3. The minimum absolute atomic E-state index is 0.00153. The molecule has 0 saturated heterocycles. The molecule has 15 heteroatoms. The van der Waals surface area contributed by atoms with Crippen molar-refractivity contribution in [2.75, 3.05) is 20.8 Å². The molecule has 3 atom stereocenters. The molecule has 12 nitrogen and oxygen atoms in total. The van der Waals surface area contributed by atoms with Crippen LogP contribution in [0.25, 0.3) is 6.08 Å². The number of hydrogen-bond donors (Lipinski definition) is 0. The van der Waals surface area contributed by atoms with E-state index in [2.05, 4.69) is 4.99 Å². The maximum absolute atomic E-state index is 14.2. The van der Waals surface area contributed by atoms with Gasteiger partial charge in [-0.2, -0.15) is 0 Å². The van der Waals surface area contributed by atoms with E-state index in [1.165, 1.54) is 37.2 Å². The summed E-state index contributed by atoms with van der Waals surface area (Å²) in [6.07, 6.45) is 4.65. The van der Waals surface area contributed by atoms with Gasteiger partial charge < -0.3 is 28.1 Å². The summed E-state index contributed by atoms with van der Waals surface area (Å²) in [6.45, 7) is 7.32. The number of hydrogen-bond acceptors (Lipinski definition) is 12. The fourth-order valence-corrected chi connectivity index (χ4v) is 7.66. The Morgan fingerprint density at radius 2 is 1.68 bits per heavy atom. The number of furan rings is 1. The zero-order chi connectivity index (χ0) is 38.2. The number of carbonyl (C=O) groups excluding carboxylic acids is 3. The van der Waals surface area contributed by atoms with E-state index < -0.39 is 35.4 Å². The van der Waals surface area contributed by atoms with Gasteiger partial charge in [0.25, 0.3) is 5.56 Å². The Morgan fingerprint density at radius 3 is 2.34 bits per heavy atom. The molecule has 6 rings (SSSR count). The molecule has 0 N–H and O–H groups in total. The van der Waals surface area contributed by atoms with Crippen LogP contribution in [-0.4, -0.2) is 43.3 Å². The number of methoxy groups -OCH3 is 2. The molecular formula is C38H34Cl2N2O10S. The molecule has 0 radical (unpaired) electrons. The topological polar surface area (TPSA) is 145 Å². The third-order valence-electron chi connectivity index (χ3n) is 9.11. The highest BCUT2D eigenvalue weighted by molar-refractivity contribution is 7.07. The summed E-state index contributed by atoms with van der Waals surface area (Å²) in [5, 5.41) is 0. The van der Waals surface area contributed by atoms with Crippen LogP contribution in [0.15, 0.2) is 90.8 Å². The highest BCUT2D eigenvalue weighted by atomic mass is 35.5. The molecule has 0 spiro atoms. The van der Waals surface area contributed by atoms with Gasteiger partial charge in [0.2, 0.25) is 5.76 Å². The molecule has 2 aliphatic rings. The Hall–Kier alpha value is -5.11. The van der Waals surface area contributed by atoms with Crippen molar-refractivity contribution in [3.8, 4) is 23.0 Å². The Kier molecular flexibility index (Phi) is 10.7. The van der Waals surface area contributed by atoms with Crippen molar-refractivity contribution in [3.63, 3.8) is 0 Å². The quantitative estimate of drug-likeness (QED) is 0.129. The average molecular weight is 782 g/mol. The summed E-state index contributed by atoms with van der Waals surface area (Å²) in [7, 11) is 2.85. The number of carbonyl (C=O) groups is 3. The van der Waals surface area contributed by atoms with Crippen LogP contribution in [0, 0.1) is 17.3 Å². The van der Waals surface area contributed by atoms with Crippen molar-refractivity contribution in [1.29, 1.82) is 0 Å². The maximum atomic E-state index is 14.2. The Balaban J connectivity index is 1.36. The van der Waals surface area contributed by atoms with Gasteiger partial charge in [-0.1, -0.05) is 60.5 Å². The van der Waals surface area contributed by atoms with Gasteiger partial charge in [0, 0.05) is 0 Å². The van der Waals surface area contributed by atoms with Crippen molar-refractivity contribution < 1.29 is 42.5 Å². The standard InChI is InChI=1S/C38H34Cl2N2O10S/c1-7-49-35(45)30-19(2)41-37-42(32(30)21-11-13-24(27(17-21)48-6)51-34(44)25-9-8-14-50-25)33(43)28(53-37)16-20-10-12-23(26(15-20)47-5)52-36(46)31-22(18-29(39)40)38(31,3)4/h8-18,22,31-32H,7H2,1-6H3/b28-16+/t22-,31-,32-/m0/s1. The molecule has 0 unspecified atom stereocenters. The second-order valence-electron chi connectivity index (χ2n) is 12.7. The van der Waals surface area contributed by atoms with E-state index in [0.29, 0.717) is 26.2 Å². The molecule has 4 aromatic rings. The molecule has 53 heavy (non-hydrogen) atoms. The van der Waals surface area contributed by atoms with Gasteiger partial charge in [0.05, 0.1) is 54.9 Å². The normalized spacial score (nSPS) is 18.7. The monoisotopic (exact) mass is 780 g/mol. The van der Waals surface area contributed by atoms with E-state index >= 15 is 0 Å². The first-order valence-electron chi connectivity index (χ1n) is 16.3. The van der Waals surface area contributed by atoms with Gasteiger partial charge in [-0.15, -0.1) is 0 Å². The fraction of sp³-hybridized carbons (Fsp3) is 0.289. The van der Waals surface area contributed by atoms with Crippen LogP contribution in [0.3, 0.4) is 0 Å². The van der Waals surface area contributed by atoms with Crippen molar-refractivity contribution >= 4 is 58.5 Å². The van der Waals surface area contributed by atoms with Gasteiger partial charge in [0.15, 0.2) is 27.8 Å². The zero-order valence-corrected chi connectivity index (χ0v) is 31.8. The fourth-order valence-electron chi connectivity index (χ4n) is 6.35. The number of rotatable bonds is 11. The summed E-state index contributed by atoms with van der Waals surface area (Å²) >= 11 is 12.8. The first-order valence-corrected chi connectivity index (χ1v) is 17.9. The van der Waals surface area contributed by atoms with E-state index in [4.69, 9.17) is 51.3 Å². The van der Waals surface area contributed by atoms with E-state index in [9.17, 15) is 19.2 Å². The third-order valence-corrected chi connectivity index (χ3v) is 10.3. The SMILES string of the molecule is CCOC(=O)C1=C(C)N=c2s/c(=C/c3ccc(OC(=O)[C@@H]4[C@H](C=C(Cl)Cl)C4(C)C)c(OC)c3)c(=O)n2[C@H]1c1ccc(OC(=O)c2ccco2)c(OC)c1. The molecule has 2 aromatic carbocycles. The number of halogens is 2. The highest BCUT2D eigenvalue weighted by Gasteiger charge is 2.61. The highest BCUT2D eigenvalue weighted by Crippen LogP contribution is 2.60. The number of nitrogens with zero attached hydrogens (tertiary/aromatic N) is 2.